The quantitative estimate of drug-likeness (QED) is 0.356. The van der Waals surface area contributed by atoms with E-state index in [1.165, 1.54) is 0 Å². The predicted octanol–water partition coefficient (Wildman–Crippen LogP) is 0.447. The van der Waals surface area contributed by atoms with Crippen LogP contribution < -0.4 is 0 Å². The van der Waals surface area contributed by atoms with E-state index in [1.54, 1.807) is 6.08 Å². The van der Waals surface area contributed by atoms with Crippen LogP contribution in [0, 0.1) is 0 Å². The summed E-state index contributed by atoms with van der Waals surface area (Å²) >= 11 is 0. The molecule has 0 bridgehead atoms. The Kier molecular flexibility index (Phi) is 6.82. The highest BCUT2D eigenvalue weighted by molar-refractivity contribution is 5.83. The van der Waals surface area contributed by atoms with Gasteiger partial charge in [0.25, 0.3) is 0 Å². The topological polar surface area (TPSA) is 63.6 Å². The van der Waals surface area contributed by atoms with Crippen molar-refractivity contribution in [3.63, 3.8) is 0 Å². The summed E-state index contributed by atoms with van der Waals surface area (Å²) < 4.78 is 4.73. The first-order valence-electron chi connectivity index (χ1n) is 4.09. The number of hydrogen-bond donors (Lipinski definition) is 1. The zero-order chi connectivity index (χ0) is 10.1. The number of aliphatic hydroxyl groups is 1. The molecule has 0 spiro atoms. The van der Waals surface area contributed by atoms with Crippen molar-refractivity contribution in [3.8, 4) is 0 Å². The second-order valence-corrected chi connectivity index (χ2v) is 2.49. The minimum Gasteiger partial charge on any atom is -0.465 e. The van der Waals surface area contributed by atoms with Gasteiger partial charge in [-0.05, 0) is 6.42 Å². The van der Waals surface area contributed by atoms with Gasteiger partial charge in [-0.2, -0.15) is 0 Å². The number of hydrogen-bond acceptors (Lipinski definition) is 4. The fraction of sp³-hybridized carbons (Fsp3) is 0.556. The van der Waals surface area contributed by atoms with E-state index in [4.69, 9.17) is 9.84 Å². The van der Waals surface area contributed by atoms with E-state index in [-0.39, 0.29) is 18.6 Å². The molecule has 0 saturated heterocycles. The van der Waals surface area contributed by atoms with E-state index in [2.05, 4.69) is 6.58 Å². The molecule has 4 nitrogen and oxygen atoms in total. The summed E-state index contributed by atoms with van der Waals surface area (Å²) in [4.78, 5) is 21.4. The molecule has 0 unspecified atom stereocenters. The highest BCUT2D eigenvalue weighted by Gasteiger charge is 2.06. The van der Waals surface area contributed by atoms with E-state index in [9.17, 15) is 9.59 Å². The van der Waals surface area contributed by atoms with Crippen LogP contribution in [0.4, 0.5) is 0 Å². The number of rotatable bonds is 7. The van der Waals surface area contributed by atoms with Gasteiger partial charge in [0.15, 0.2) is 5.78 Å². The van der Waals surface area contributed by atoms with E-state index in [0.29, 0.717) is 13.0 Å². The summed E-state index contributed by atoms with van der Waals surface area (Å²) in [6.07, 6.45) is 2.34. The van der Waals surface area contributed by atoms with Crippen molar-refractivity contribution in [1.29, 1.82) is 0 Å². The number of ketones is 1. The average molecular weight is 186 g/mol. The van der Waals surface area contributed by atoms with Gasteiger partial charge in [-0.1, -0.05) is 6.08 Å². The molecule has 4 heteroatoms. The predicted molar refractivity (Wildman–Crippen MR) is 47.1 cm³/mol. The normalized spacial score (nSPS) is 9.31. The summed E-state index contributed by atoms with van der Waals surface area (Å²) in [5.41, 5.74) is 0. The zero-order valence-corrected chi connectivity index (χ0v) is 7.49. The molecule has 0 aromatic rings. The second-order valence-electron chi connectivity index (χ2n) is 2.49. The van der Waals surface area contributed by atoms with E-state index in [1.807, 2.05) is 0 Å². The average Bonchev–Trinajstić information content (AvgIpc) is 2.14. The van der Waals surface area contributed by atoms with Crippen molar-refractivity contribution in [2.75, 3.05) is 13.2 Å². The van der Waals surface area contributed by atoms with Crippen molar-refractivity contribution in [2.24, 2.45) is 0 Å². The van der Waals surface area contributed by atoms with Crippen LogP contribution in [-0.4, -0.2) is 30.1 Å². The molecule has 0 aromatic carbocycles. The van der Waals surface area contributed by atoms with Gasteiger partial charge in [0, 0.05) is 6.42 Å². The van der Waals surface area contributed by atoms with Crippen LogP contribution in [-0.2, 0) is 14.3 Å². The Morgan fingerprint density at radius 1 is 1.38 bits per heavy atom. The summed E-state index contributed by atoms with van der Waals surface area (Å²) in [5, 5.41) is 8.35. The van der Waals surface area contributed by atoms with Gasteiger partial charge >= 0.3 is 5.97 Å². The molecule has 0 amide bonds. The van der Waals surface area contributed by atoms with Crippen molar-refractivity contribution >= 4 is 11.8 Å². The van der Waals surface area contributed by atoms with E-state index < -0.39 is 12.6 Å². The summed E-state index contributed by atoms with van der Waals surface area (Å²) in [5.74, 6) is -0.760. The molecular formula is C9H14O4. The van der Waals surface area contributed by atoms with Crippen LogP contribution in [0.3, 0.4) is 0 Å². The fourth-order valence-corrected chi connectivity index (χ4v) is 0.649. The SMILES string of the molecule is C=CCCOC(=O)CCC(=O)CO. The summed E-state index contributed by atoms with van der Waals surface area (Å²) in [6.45, 7) is 3.25. The molecule has 0 aliphatic carbocycles. The van der Waals surface area contributed by atoms with E-state index in [0.717, 1.165) is 0 Å². The monoisotopic (exact) mass is 186 g/mol. The third-order valence-corrected chi connectivity index (χ3v) is 1.37. The summed E-state index contributed by atoms with van der Waals surface area (Å²) in [7, 11) is 0. The molecule has 1 N–H and O–H groups in total. The molecule has 74 valence electrons. The number of aliphatic hydroxyl groups excluding tert-OH is 1. The number of esters is 1. The third kappa shape index (κ3) is 7.21. The molecule has 13 heavy (non-hydrogen) atoms. The van der Waals surface area contributed by atoms with Gasteiger partial charge < -0.3 is 9.84 Å². The lowest BCUT2D eigenvalue weighted by Crippen LogP contribution is -2.10. The molecular weight excluding hydrogens is 172 g/mol. The Morgan fingerprint density at radius 3 is 2.62 bits per heavy atom. The Balaban J connectivity index is 3.40. The molecule has 0 atom stereocenters. The third-order valence-electron chi connectivity index (χ3n) is 1.37. The van der Waals surface area contributed by atoms with Gasteiger partial charge in [-0.3, -0.25) is 9.59 Å². The Morgan fingerprint density at radius 2 is 2.08 bits per heavy atom. The van der Waals surface area contributed by atoms with Crippen LogP contribution in [0.15, 0.2) is 12.7 Å². The Hall–Kier alpha value is -1.16. The molecule has 0 aromatic heterocycles. The highest BCUT2D eigenvalue weighted by Crippen LogP contribution is 1.95. The lowest BCUT2D eigenvalue weighted by molar-refractivity contribution is -0.144. The number of Topliss-reactive ketones (excluding diaryl/α,β-unsaturated/α-hetero) is 1. The minimum atomic E-state index is -0.514. The first-order valence-corrected chi connectivity index (χ1v) is 4.09. The van der Waals surface area contributed by atoms with Gasteiger partial charge in [0.05, 0.1) is 13.0 Å². The molecule has 0 rings (SSSR count). The van der Waals surface area contributed by atoms with Crippen LogP contribution in [0.1, 0.15) is 19.3 Å². The zero-order valence-electron chi connectivity index (χ0n) is 7.49. The smallest absolute Gasteiger partial charge is 0.306 e. The molecule has 0 aliphatic rings. The van der Waals surface area contributed by atoms with Crippen molar-refractivity contribution in [1.82, 2.24) is 0 Å². The maximum Gasteiger partial charge on any atom is 0.306 e. The first-order chi connectivity index (χ1) is 6.20. The van der Waals surface area contributed by atoms with Crippen LogP contribution in [0.5, 0.6) is 0 Å². The van der Waals surface area contributed by atoms with Gasteiger partial charge in [0.1, 0.15) is 6.61 Å². The molecule has 0 heterocycles. The summed E-state index contributed by atoms with van der Waals surface area (Å²) in [6, 6.07) is 0. The largest absolute Gasteiger partial charge is 0.465 e. The number of carbonyl (C=O) groups is 2. The molecule has 0 radical (unpaired) electrons. The highest BCUT2D eigenvalue weighted by atomic mass is 16.5. The van der Waals surface area contributed by atoms with Crippen LogP contribution in [0.2, 0.25) is 0 Å². The van der Waals surface area contributed by atoms with Crippen LogP contribution in [0.25, 0.3) is 0 Å². The molecule has 0 fully saturated rings. The Bertz CT molecular complexity index is 186. The van der Waals surface area contributed by atoms with Gasteiger partial charge in [-0.15, -0.1) is 6.58 Å². The Labute approximate surface area is 77.2 Å². The fourth-order valence-electron chi connectivity index (χ4n) is 0.649. The van der Waals surface area contributed by atoms with Gasteiger partial charge in [-0.25, -0.2) is 0 Å². The number of ether oxygens (including phenoxy) is 1. The molecule has 0 saturated carbocycles. The van der Waals surface area contributed by atoms with E-state index >= 15 is 0 Å². The lowest BCUT2D eigenvalue weighted by atomic mass is 10.2. The standard InChI is InChI=1S/C9H14O4/c1-2-3-6-13-9(12)5-4-8(11)7-10/h2,10H,1,3-7H2. The van der Waals surface area contributed by atoms with Crippen molar-refractivity contribution < 1.29 is 19.4 Å². The van der Waals surface area contributed by atoms with Crippen molar-refractivity contribution in [2.45, 2.75) is 19.3 Å². The lowest BCUT2D eigenvalue weighted by Gasteiger charge is -2.01. The number of carbonyl (C=O) groups excluding carboxylic acids is 2. The first kappa shape index (κ1) is 11.8. The second kappa shape index (κ2) is 7.49. The minimum absolute atomic E-state index is 0.0382. The molecule has 0 aliphatic heterocycles. The van der Waals surface area contributed by atoms with Gasteiger partial charge in [0.2, 0.25) is 0 Å². The van der Waals surface area contributed by atoms with Crippen molar-refractivity contribution in [3.05, 3.63) is 12.7 Å². The van der Waals surface area contributed by atoms with Crippen LogP contribution >= 0.6 is 0 Å². The maximum absolute atomic E-state index is 10.8. The maximum atomic E-state index is 10.8.